The van der Waals surface area contributed by atoms with Crippen molar-refractivity contribution in [2.24, 2.45) is 7.05 Å². The Hall–Kier alpha value is -1.88. The van der Waals surface area contributed by atoms with E-state index in [1.807, 2.05) is 0 Å². The van der Waals surface area contributed by atoms with Gasteiger partial charge >= 0.3 is 5.97 Å². The van der Waals surface area contributed by atoms with E-state index in [0.717, 1.165) is 4.68 Å². The van der Waals surface area contributed by atoms with Gasteiger partial charge in [-0.25, -0.2) is 9.48 Å². The Morgan fingerprint density at radius 3 is 2.75 bits per heavy atom. The third-order valence-electron chi connectivity index (χ3n) is 2.25. The van der Waals surface area contributed by atoms with Crippen LogP contribution in [0.4, 0.5) is 0 Å². The van der Waals surface area contributed by atoms with Crippen LogP contribution in [0.3, 0.4) is 0 Å². The first kappa shape index (κ1) is 10.6. The summed E-state index contributed by atoms with van der Waals surface area (Å²) in [4.78, 5) is 22.5. The molecule has 0 bridgehead atoms. The molecule has 1 aromatic carbocycles. The summed E-state index contributed by atoms with van der Waals surface area (Å²) in [5, 5.41) is 13.5. The van der Waals surface area contributed by atoms with Crippen LogP contribution in [-0.4, -0.2) is 20.9 Å². The smallest absolute Gasteiger partial charge is 0.335 e. The van der Waals surface area contributed by atoms with Crippen molar-refractivity contribution in [2.45, 2.75) is 0 Å². The lowest BCUT2D eigenvalue weighted by Gasteiger charge is -2.03. The van der Waals surface area contributed by atoms with Crippen LogP contribution in [0.1, 0.15) is 10.4 Å². The van der Waals surface area contributed by atoms with E-state index in [4.69, 9.17) is 16.7 Å². The van der Waals surface area contributed by atoms with E-state index in [0.29, 0.717) is 5.39 Å². The first-order chi connectivity index (χ1) is 7.50. The fourth-order valence-electron chi connectivity index (χ4n) is 1.44. The molecule has 0 radical (unpaired) electrons. The summed E-state index contributed by atoms with van der Waals surface area (Å²) in [7, 11) is 1.46. The first-order valence-electron chi connectivity index (χ1n) is 4.40. The van der Waals surface area contributed by atoms with Crippen molar-refractivity contribution in [1.82, 2.24) is 9.78 Å². The molecule has 5 nitrogen and oxygen atoms in total. The fraction of sp³-hybridized carbons (Fsp3) is 0.100. The first-order valence-corrected chi connectivity index (χ1v) is 4.78. The van der Waals surface area contributed by atoms with Crippen LogP contribution in [0.5, 0.6) is 0 Å². The van der Waals surface area contributed by atoms with Gasteiger partial charge in [-0.1, -0.05) is 17.7 Å². The van der Waals surface area contributed by atoms with Crippen LogP contribution in [0.25, 0.3) is 10.8 Å². The Morgan fingerprint density at radius 1 is 1.44 bits per heavy atom. The average molecular weight is 239 g/mol. The Bertz CT molecular complexity index is 648. The molecule has 1 aromatic heterocycles. The van der Waals surface area contributed by atoms with Gasteiger partial charge in [0.15, 0.2) is 5.15 Å². The molecule has 6 heteroatoms. The highest BCUT2D eigenvalue weighted by Crippen LogP contribution is 2.19. The molecule has 0 fully saturated rings. The van der Waals surface area contributed by atoms with E-state index in [9.17, 15) is 9.59 Å². The molecule has 0 aliphatic rings. The zero-order valence-corrected chi connectivity index (χ0v) is 9.02. The predicted octanol–water partition coefficient (Wildman–Crippen LogP) is 1.29. The normalized spacial score (nSPS) is 10.6. The number of carboxylic acids is 1. The summed E-state index contributed by atoms with van der Waals surface area (Å²) in [5.74, 6) is -1.09. The van der Waals surface area contributed by atoms with Crippen LogP contribution in [0, 0.1) is 0 Å². The summed E-state index contributed by atoms with van der Waals surface area (Å²) < 4.78 is 1.08. The van der Waals surface area contributed by atoms with Crippen LogP contribution >= 0.6 is 11.6 Å². The number of aromatic carboxylic acids is 1. The molecule has 1 heterocycles. The van der Waals surface area contributed by atoms with E-state index >= 15 is 0 Å². The number of hydrogen-bond donors (Lipinski definition) is 1. The van der Waals surface area contributed by atoms with Gasteiger partial charge in [-0.3, -0.25) is 4.79 Å². The second-order valence-electron chi connectivity index (χ2n) is 3.29. The van der Waals surface area contributed by atoms with Crippen LogP contribution in [0.2, 0.25) is 5.15 Å². The number of carboxylic acid groups (broad SMARTS) is 1. The van der Waals surface area contributed by atoms with Gasteiger partial charge in [-0.15, -0.1) is 0 Å². The molecule has 0 amide bonds. The Kier molecular flexibility index (Phi) is 2.40. The maximum atomic E-state index is 11.7. The Labute approximate surface area is 94.9 Å². The van der Waals surface area contributed by atoms with Crippen molar-refractivity contribution in [2.75, 3.05) is 0 Å². The van der Waals surface area contributed by atoms with Gasteiger partial charge in [0.2, 0.25) is 0 Å². The standard InChI is InChI=1S/C10H7ClN2O3/c1-13-9(14)7-4-5(10(15)16)2-3-6(7)8(11)12-13/h2-4H,1H3,(H,15,16). The lowest BCUT2D eigenvalue weighted by Crippen LogP contribution is -2.20. The highest BCUT2D eigenvalue weighted by Gasteiger charge is 2.10. The number of carbonyl (C=O) groups is 1. The van der Waals surface area contributed by atoms with Crippen molar-refractivity contribution >= 4 is 28.3 Å². The molecule has 2 aromatic rings. The summed E-state index contributed by atoms with van der Waals surface area (Å²) in [5.41, 5.74) is -0.325. The van der Waals surface area contributed by atoms with Crippen LogP contribution in [-0.2, 0) is 7.05 Å². The van der Waals surface area contributed by atoms with Crippen molar-refractivity contribution in [3.8, 4) is 0 Å². The third-order valence-corrected chi connectivity index (χ3v) is 2.53. The van der Waals surface area contributed by atoms with Gasteiger partial charge < -0.3 is 5.11 Å². The molecule has 1 N–H and O–H groups in total. The maximum absolute atomic E-state index is 11.7. The SMILES string of the molecule is Cn1nc(Cl)c2ccc(C(=O)O)cc2c1=O. The number of nitrogens with zero attached hydrogens (tertiary/aromatic N) is 2. The monoisotopic (exact) mass is 238 g/mol. The zero-order valence-electron chi connectivity index (χ0n) is 8.27. The number of hydrogen-bond acceptors (Lipinski definition) is 3. The molecule has 0 saturated carbocycles. The number of benzene rings is 1. The third kappa shape index (κ3) is 1.55. The molecule has 0 unspecified atom stereocenters. The number of fused-ring (bicyclic) bond motifs is 1. The topological polar surface area (TPSA) is 72.2 Å². The van der Waals surface area contributed by atoms with Crippen molar-refractivity contribution in [3.63, 3.8) is 0 Å². The summed E-state index contributed by atoms with van der Waals surface area (Å²) in [6.07, 6.45) is 0. The summed E-state index contributed by atoms with van der Waals surface area (Å²) in [6.45, 7) is 0. The summed E-state index contributed by atoms with van der Waals surface area (Å²) >= 11 is 5.85. The van der Waals surface area contributed by atoms with Gasteiger partial charge in [0, 0.05) is 12.4 Å². The Balaban J connectivity index is 2.92. The van der Waals surface area contributed by atoms with Gasteiger partial charge in [-0.05, 0) is 12.1 Å². The van der Waals surface area contributed by atoms with E-state index < -0.39 is 5.97 Å². The highest BCUT2D eigenvalue weighted by atomic mass is 35.5. The minimum Gasteiger partial charge on any atom is -0.478 e. The lowest BCUT2D eigenvalue weighted by molar-refractivity contribution is 0.0697. The predicted molar refractivity (Wildman–Crippen MR) is 59.0 cm³/mol. The average Bonchev–Trinajstić information content (AvgIpc) is 2.25. The molecule has 0 atom stereocenters. The van der Waals surface area contributed by atoms with Gasteiger partial charge in [0.05, 0.1) is 10.9 Å². The summed E-state index contributed by atoms with van der Waals surface area (Å²) in [6, 6.07) is 4.17. The van der Waals surface area contributed by atoms with Crippen LogP contribution < -0.4 is 5.56 Å². The van der Waals surface area contributed by atoms with Crippen LogP contribution in [0.15, 0.2) is 23.0 Å². The van der Waals surface area contributed by atoms with E-state index in [-0.39, 0.29) is 21.7 Å². The van der Waals surface area contributed by atoms with Crippen molar-refractivity contribution in [1.29, 1.82) is 0 Å². The minimum absolute atomic E-state index is 0.0480. The van der Waals surface area contributed by atoms with Gasteiger partial charge in [0.25, 0.3) is 5.56 Å². The Morgan fingerprint density at radius 2 is 2.12 bits per heavy atom. The molecular weight excluding hydrogens is 232 g/mol. The number of aryl methyl sites for hydroxylation is 1. The lowest BCUT2D eigenvalue weighted by atomic mass is 10.1. The molecule has 82 valence electrons. The number of aromatic nitrogens is 2. The van der Waals surface area contributed by atoms with Crippen molar-refractivity contribution < 1.29 is 9.90 Å². The fourth-order valence-corrected chi connectivity index (χ4v) is 1.72. The minimum atomic E-state index is -1.09. The molecule has 0 aliphatic heterocycles. The molecule has 2 rings (SSSR count). The van der Waals surface area contributed by atoms with Gasteiger partial charge in [-0.2, -0.15) is 5.10 Å². The highest BCUT2D eigenvalue weighted by molar-refractivity contribution is 6.34. The molecular formula is C10H7ClN2O3. The number of rotatable bonds is 1. The molecule has 0 spiro atoms. The molecule has 16 heavy (non-hydrogen) atoms. The molecule has 0 aliphatic carbocycles. The number of halogens is 1. The second-order valence-corrected chi connectivity index (χ2v) is 3.64. The van der Waals surface area contributed by atoms with Gasteiger partial charge in [0.1, 0.15) is 0 Å². The van der Waals surface area contributed by atoms with Crippen molar-refractivity contribution in [3.05, 3.63) is 39.3 Å². The van der Waals surface area contributed by atoms with E-state index in [1.165, 1.54) is 25.2 Å². The van der Waals surface area contributed by atoms with E-state index in [1.54, 1.807) is 0 Å². The molecule has 0 saturated heterocycles. The maximum Gasteiger partial charge on any atom is 0.335 e. The largest absolute Gasteiger partial charge is 0.478 e. The second kappa shape index (κ2) is 3.61. The quantitative estimate of drug-likeness (QED) is 0.813. The van der Waals surface area contributed by atoms with E-state index in [2.05, 4.69) is 5.10 Å². The zero-order chi connectivity index (χ0) is 11.9.